The second-order valence-electron chi connectivity index (χ2n) is 3.87. The van der Waals surface area contributed by atoms with E-state index in [-0.39, 0.29) is 11.9 Å². The molecule has 0 heterocycles. The molecule has 0 saturated heterocycles. The minimum absolute atomic E-state index is 0.0565. The van der Waals surface area contributed by atoms with E-state index in [4.69, 9.17) is 9.47 Å². The normalized spacial score (nSPS) is 24.2. The Hall–Kier alpha value is -0.610. The standard InChI is InChI=1S/C11H20O3.CH5N/c1-3-8-14-10-6-4-9(5-7-10)11(12)13-2;1-2/h9-10H,3-8H2,1-2H3;2H2,1H3. The van der Waals surface area contributed by atoms with Gasteiger partial charge in [-0.25, -0.2) is 0 Å². The van der Waals surface area contributed by atoms with Gasteiger partial charge in [0.05, 0.1) is 19.1 Å². The molecule has 2 N–H and O–H groups in total. The third-order valence-corrected chi connectivity index (χ3v) is 2.77. The Morgan fingerprint density at radius 3 is 2.25 bits per heavy atom. The Morgan fingerprint density at radius 1 is 1.25 bits per heavy atom. The van der Waals surface area contributed by atoms with Crippen LogP contribution in [0.25, 0.3) is 0 Å². The van der Waals surface area contributed by atoms with E-state index in [0.29, 0.717) is 6.10 Å². The lowest BCUT2D eigenvalue weighted by molar-refractivity contribution is -0.147. The summed E-state index contributed by atoms with van der Waals surface area (Å²) in [5.41, 5.74) is 4.50. The number of rotatable bonds is 4. The van der Waals surface area contributed by atoms with Crippen LogP contribution < -0.4 is 5.73 Å². The first-order chi connectivity index (χ1) is 7.77. The molecule has 1 saturated carbocycles. The topological polar surface area (TPSA) is 61.5 Å². The highest BCUT2D eigenvalue weighted by molar-refractivity contribution is 5.72. The first-order valence-electron chi connectivity index (χ1n) is 6.05. The van der Waals surface area contributed by atoms with Gasteiger partial charge in [-0.3, -0.25) is 4.79 Å². The van der Waals surface area contributed by atoms with Gasteiger partial charge >= 0.3 is 5.97 Å². The predicted molar refractivity (Wildman–Crippen MR) is 64.1 cm³/mol. The maximum atomic E-state index is 11.2. The number of nitrogens with two attached hydrogens (primary N) is 1. The van der Waals surface area contributed by atoms with Crippen molar-refractivity contribution in [3.63, 3.8) is 0 Å². The van der Waals surface area contributed by atoms with Crippen molar-refractivity contribution in [2.75, 3.05) is 20.8 Å². The van der Waals surface area contributed by atoms with E-state index in [0.717, 1.165) is 38.7 Å². The molecule has 1 aliphatic carbocycles. The molecule has 0 spiro atoms. The van der Waals surface area contributed by atoms with Gasteiger partial charge in [0.15, 0.2) is 0 Å². The number of hydrogen-bond donors (Lipinski definition) is 1. The van der Waals surface area contributed by atoms with Crippen LogP contribution in [0.5, 0.6) is 0 Å². The number of esters is 1. The van der Waals surface area contributed by atoms with E-state index in [1.54, 1.807) is 0 Å². The summed E-state index contributed by atoms with van der Waals surface area (Å²) in [6.07, 6.45) is 5.27. The largest absolute Gasteiger partial charge is 0.469 e. The van der Waals surface area contributed by atoms with E-state index in [2.05, 4.69) is 12.7 Å². The van der Waals surface area contributed by atoms with Crippen LogP contribution in [0.3, 0.4) is 0 Å². The molecule has 16 heavy (non-hydrogen) atoms. The second kappa shape index (κ2) is 9.60. The molecule has 0 aromatic rings. The fraction of sp³-hybridized carbons (Fsp3) is 0.917. The molecule has 1 aliphatic rings. The molecular formula is C12H25NO3. The van der Waals surface area contributed by atoms with Crippen LogP contribution in [0.2, 0.25) is 0 Å². The molecular weight excluding hydrogens is 206 g/mol. The zero-order valence-electron chi connectivity index (χ0n) is 10.7. The van der Waals surface area contributed by atoms with Crippen LogP contribution in [0.15, 0.2) is 0 Å². The van der Waals surface area contributed by atoms with Gasteiger partial charge in [0.2, 0.25) is 0 Å². The molecule has 1 fully saturated rings. The first-order valence-corrected chi connectivity index (χ1v) is 6.05. The van der Waals surface area contributed by atoms with Crippen LogP contribution in [-0.2, 0) is 14.3 Å². The fourth-order valence-corrected chi connectivity index (χ4v) is 1.92. The summed E-state index contributed by atoms with van der Waals surface area (Å²) in [4.78, 5) is 11.2. The Kier molecular flexibility index (Phi) is 9.24. The van der Waals surface area contributed by atoms with E-state index in [1.807, 2.05) is 0 Å². The summed E-state index contributed by atoms with van der Waals surface area (Å²) in [7, 11) is 2.96. The number of carbonyl (C=O) groups excluding carboxylic acids is 1. The second-order valence-corrected chi connectivity index (χ2v) is 3.87. The summed E-state index contributed by atoms with van der Waals surface area (Å²) >= 11 is 0. The summed E-state index contributed by atoms with van der Waals surface area (Å²) in [5, 5.41) is 0. The van der Waals surface area contributed by atoms with Gasteiger partial charge in [-0.2, -0.15) is 0 Å². The van der Waals surface area contributed by atoms with Crippen LogP contribution >= 0.6 is 0 Å². The smallest absolute Gasteiger partial charge is 0.308 e. The number of carbonyl (C=O) groups is 1. The van der Waals surface area contributed by atoms with Gasteiger partial charge < -0.3 is 15.2 Å². The monoisotopic (exact) mass is 231 g/mol. The minimum Gasteiger partial charge on any atom is -0.469 e. The van der Waals surface area contributed by atoms with Crippen molar-refractivity contribution in [2.24, 2.45) is 11.7 Å². The highest BCUT2D eigenvalue weighted by Crippen LogP contribution is 2.26. The van der Waals surface area contributed by atoms with E-state index in [9.17, 15) is 4.79 Å². The van der Waals surface area contributed by atoms with Gasteiger partial charge in [0.1, 0.15) is 0 Å². The van der Waals surface area contributed by atoms with Crippen molar-refractivity contribution in [1.29, 1.82) is 0 Å². The maximum Gasteiger partial charge on any atom is 0.308 e. The van der Waals surface area contributed by atoms with Crippen LogP contribution in [0, 0.1) is 5.92 Å². The molecule has 0 aromatic heterocycles. The summed E-state index contributed by atoms with van der Waals surface area (Å²) < 4.78 is 10.4. The molecule has 1 rings (SSSR count). The van der Waals surface area contributed by atoms with Gasteiger partial charge in [-0.05, 0) is 39.2 Å². The van der Waals surface area contributed by atoms with Crippen LogP contribution in [0.1, 0.15) is 39.0 Å². The molecule has 0 unspecified atom stereocenters. The third kappa shape index (κ3) is 5.47. The fourth-order valence-electron chi connectivity index (χ4n) is 1.92. The lowest BCUT2D eigenvalue weighted by Gasteiger charge is -2.26. The Balaban J connectivity index is 0.00000106. The summed E-state index contributed by atoms with van der Waals surface area (Å²) in [6.45, 7) is 2.95. The van der Waals surface area contributed by atoms with Gasteiger partial charge in [0.25, 0.3) is 0 Å². The Bertz CT molecular complexity index is 177. The Morgan fingerprint density at radius 2 is 1.81 bits per heavy atom. The summed E-state index contributed by atoms with van der Waals surface area (Å²) in [5.74, 6) is 0.0559. The number of hydrogen-bond acceptors (Lipinski definition) is 4. The number of methoxy groups -OCH3 is 1. The molecule has 0 aliphatic heterocycles. The third-order valence-electron chi connectivity index (χ3n) is 2.77. The van der Waals surface area contributed by atoms with Crippen molar-refractivity contribution in [3.05, 3.63) is 0 Å². The average Bonchev–Trinajstić information content (AvgIpc) is 2.38. The quantitative estimate of drug-likeness (QED) is 0.748. The SMILES string of the molecule is CCCOC1CCC(C(=O)OC)CC1.CN. The van der Waals surface area contributed by atoms with Crippen molar-refractivity contribution < 1.29 is 14.3 Å². The zero-order valence-corrected chi connectivity index (χ0v) is 10.7. The first kappa shape index (κ1) is 15.4. The summed E-state index contributed by atoms with van der Waals surface area (Å²) in [6, 6.07) is 0. The van der Waals surface area contributed by atoms with Crippen LogP contribution in [0.4, 0.5) is 0 Å². The van der Waals surface area contributed by atoms with Crippen molar-refractivity contribution in [1.82, 2.24) is 0 Å². The molecule has 0 bridgehead atoms. The van der Waals surface area contributed by atoms with Crippen LogP contribution in [-0.4, -0.2) is 32.8 Å². The van der Waals surface area contributed by atoms with Gasteiger partial charge in [0, 0.05) is 6.61 Å². The minimum atomic E-state index is -0.0565. The predicted octanol–water partition coefficient (Wildman–Crippen LogP) is 1.72. The Labute approximate surface area is 98.5 Å². The molecule has 96 valence electrons. The highest BCUT2D eigenvalue weighted by atomic mass is 16.5. The van der Waals surface area contributed by atoms with Crippen molar-refractivity contribution >= 4 is 5.97 Å². The van der Waals surface area contributed by atoms with E-state index < -0.39 is 0 Å². The lowest BCUT2D eigenvalue weighted by Crippen LogP contribution is -2.27. The molecule has 0 atom stereocenters. The van der Waals surface area contributed by atoms with Crippen molar-refractivity contribution in [2.45, 2.75) is 45.1 Å². The maximum absolute atomic E-state index is 11.2. The van der Waals surface area contributed by atoms with E-state index in [1.165, 1.54) is 14.2 Å². The van der Waals surface area contributed by atoms with Gasteiger partial charge in [-0.1, -0.05) is 6.92 Å². The zero-order chi connectivity index (χ0) is 12.4. The number of ether oxygens (including phenoxy) is 2. The average molecular weight is 231 g/mol. The molecule has 0 radical (unpaired) electrons. The molecule has 0 aromatic carbocycles. The lowest BCUT2D eigenvalue weighted by atomic mass is 9.87. The van der Waals surface area contributed by atoms with E-state index >= 15 is 0 Å². The van der Waals surface area contributed by atoms with Crippen molar-refractivity contribution in [3.8, 4) is 0 Å². The molecule has 4 nitrogen and oxygen atoms in total. The molecule has 4 heteroatoms. The molecule has 0 amide bonds. The highest BCUT2D eigenvalue weighted by Gasteiger charge is 2.26. The van der Waals surface area contributed by atoms with Gasteiger partial charge in [-0.15, -0.1) is 0 Å².